The third-order valence-electron chi connectivity index (χ3n) is 5.10. The average molecular weight is 586 g/mol. The number of thioether (sulfide) groups is 2. The van der Waals surface area contributed by atoms with Crippen molar-refractivity contribution in [2.45, 2.75) is 28.4 Å². The molecule has 3 N–H and O–H groups in total. The van der Waals surface area contributed by atoms with Crippen LogP contribution in [-0.2, 0) is 30.3 Å². The van der Waals surface area contributed by atoms with Crippen molar-refractivity contribution >= 4 is 51.4 Å². The van der Waals surface area contributed by atoms with Crippen molar-refractivity contribution in [2.75, 3.05) is 11.5 Å². The van der Waals surface area contributed by atoms with Crippen molar-refractivity contribution in [1.82, 2.24) is 20.4 Å². The molecule has 2 amide bonds. The topological polar surface area (TPSA) is 212 Å². The van der Waals surface area contributed by atoms with Gasteiger partial charge >= 0.3 is 59.1 Å². The summed E-state index contributed by atoms with van der Waals surface area (Å²) < 4.78 is 37.5. The second-order valence-corrected chi connectivity index (χ2v) is 10.9. The summed E-state index contributed by atoms with van der Waals surface area (Å²) in [4.78, 5) is 38.2. The number of carbonyl (C=O) groups is 3. The van der Waals surface area contributed by atoms with Crippen molar-refractivity contribution < 1.29 is 96.0 Å². The summed E-state index contributed by atoms with van der Waals surface area (Å²) in [5.41, 5.74) is 6.57. The summed E-state index contributed by atoms with van der Waals surface area (Å²) in [7, 11) is -4.60. The number of hydrogen-bond acceptors (Lipinski definition) is 13. The van der Waals surface area contributed by atoms with E-state index in [4.69, 9.17) is 10.2 Å². The number of fused-ring (bicyclic) bond motifs is 1. The number of hydrogen-bond donors (Lipinski definition) is 2. The number of carbonyl (C=O) groups excluding carboxylic acids is 3. The summed E-state index contributed by atoms with van der Waals surface area (Å²) in [6, 6.07) is 6.66. The summed E-state index contributed by atoms with van der Waals surface area (Å²) in [5.74, 6) is -3.87. The molecule has 2 aromatic rings. The Morgan fingerprint density at radius 1 is 1.27 bits per heavy atom. The zero-order valence-corrected chi connectivity index (χ0v) is 26.1. The molecule has 37 heavy (non-hydrogen) atoms. The Balaban J connectivity index is 0.00000241. The standard InChI is InChI=1S/C19H19N5O8S3.2Na/c20-12(9-4-2-1-3-5-9)15(25)21-13-16(26)24-14(18(27)28)10(6-33-17(13)24)7-34-19-23-22-11(32-19)8-35(29,30)31;;/h1-5,12-13,17H,6-8,20H2,(H,21,25)(H,27,28)(H,29,30,31);;/q;2*+1/p-2/t12-,13?,17-;;/m1../s1. The molecule has 186 valence electrons. The predicted octanol–water partition coefficient (Wildman–Crippen LogP) is -7.68. The van der Waals surface area contributed by atoms with E-state index in [2.05, 4.69) is 15.5 Å². The SMILES string of the molecule is N[C@@H](C(=O)NC1C(=O)N2C(C(=O)[O-])=C(CSc3nnc(CS(=O)(=O)[O-])o3)CS[C@H]12)c1ccccc1.[Na+].[Na+]. The van der Waals surface area contributed by atoms with Crippen molar-refractivity contribution in [2.24, 2.45) is 5.73 Å². The minimum Gasteiger partial charge on any atom is -0.748 e. The zero-order valence-electron chi connectivity index (χ0n) is 19.6. The first-order chi connectivity index (χ1) is 16.5. The Morgan fingerprint density at radius 3 is 2.57 bits per heavy atom. The van der Waals surface area contributed by atoms with Crippen LogP contribution in [0.5, 0.6) is 0 Å². The number of β-lactam (4-membered cyclic amide) rings is 1. The molecule has 0 aliphatic carbocycles. The largest absolute Gasteiger partial charge is 1.00 e. The first-order valence-corrected chi connectivity index (χ1v) is 13.5. The van der Waals surface area contributed by atoms with Gasteiger partial charge in [0.1, 0.15) is 33.3 Å². The zero-order chi connectivity index (χ0) is 25.3. The number of nitrogens with one attached hydrogen (secondary N) is 1. The number of nitrogens with zero attached hydrogens (tertiary/aromatic N) is 3. The predicted molar refractivity (Wildman–Crippen MR) is 119 cm³/mol. The monoisotopic (exact) mass is 585 g/mol. The fourth-order valence-corrected chi connectivity index (χ4v) is 6.18. The molecule has 3 heterocycles. The average Bonchev–Trinajstić information content (AvgIpc) is 3.25. The number of rotatable bonds is 9. The smallest absolute Gasteiger partial charge is 0.748 e. The Labute approximate surface area is 264 Å². The molecule has 2 aliphatic rings. The van der Waals surface area contributed by atoms with Gasteiger partial charge in [0, 0.05) is 11.5 Å². The summed E-state index contributed by atoms with van der Waals surface area (Å²) in [5, 5.41) is 20.8. The summed E-state index contributed by atoms with van der Waals surface area (Å²) in [6.07, 6.45) is 0. The fraction of sp³-hybridized carbons (Fsp3) is 0.316. The Hall–Kier alpha value is -0.920. The molecule has 0 spiro atoms. The van der Waals surface area contributed by atoms with Crippen molar-refractivity contribution in [3.8, 4) is 0 Å². The van der Waals surface area contributed by atoms with E-state index in [1.165, 1.54) is 11.8 Å². The number of carboxylic acids is 1. The van der Waals surface area contributed by atoms with Gasteiger partial charge in [-0.25, -0.2) is 8.42 Å². The molecule has 0 saturated carbocycles. The van der Waals surface area contributed by atoms with E-state index in [9.17, 15) is 32.5 Å². The Morgan fingerprint density at radius 2 is 1.95 bits per heavy atom. The molecular weight excluding hydrogens is 568 g/mol. The molecule has 13 nitrogen and oxygen atoms in total. The number of carboxylic acid groups (broad SMARTS) is 1. The van der Waals surface area contributed by atoms with Crippen LogP contribution in [0.2, 0.25) is 0 Å². The molecule has 1 aromatic carbocycles. The number of aromatic nitrogens is 2. The fourth-order valence-electron chi connectivity index (χ4n) is 3.49. The number of benzene rings is 1. The molecular formula is C19H17N5Na2O8S3. The summed E-state index contributed by atoms with van der Waals surface area (Å²) >= 11 is 2.16. The van der Waals surface area contributed by atoms with Crippen LogP contribution >= 0.6 is 23.5 Å². The molecule has 2 aliphatic heterocycles. The maximum absolute atomic E-state index is 12.8. The number of nitrogens with two attached hydrogens (primary N) is 1. The van der Waals surface area contributed by atoms with Gasteiger partial charge in [-0.1, -0.05) is 42.1 Å². The Kier molecular flexibility index (Phi) is 11.7. The maximum atomic E-state index is 12.8. The minimum atomic E-state index is -4.60. The van der Waals surface area contributed by atoms with Gasteiger partial charge in [-0.15, -0.1) is 22.0 Å². The van der Waals surface area contributed by atoms with Gasteiger partial charge in [0.15, 0.2) is 0 Å². The van der Waals surface area contributed by atoms with Crippen LogP contribution in [-0.4, -0.2) is 68.8 Å². The van der Waals surface area contributed by atoms with Crippen molar-refractivity contribution in [3.63, 3.8) is 0 Å². The van der Waals surface area contributed by atoms with Crippen molar-refractivity contribution in [1.29, 1.82) is 0 Å². The third kappa shape index (κ3) is 7.60. The first-order valence-electron chi connectivity index (χ1n) is 9.93. The van der Waals surface area contributed by atoms with Crippen LogP contribution in [0.15, 0.2) is 51.2 Å². The van der Waals surface area contributed by atoms with Gasteiger partial charge < -0.3 is 29.9 Å². The van der Waals surface area contributed by atoms with Gasteiger partial charge in [0.25, 0.3) is 11.1 Å². The quantitative estimate of drug-likeness (QED) is 0.121. The Bertz CT molecular complexity index is 1310. The molecule has 18 heteroatoms. The van der Waals surface area contributed by atoms with E-state index >= 15 is 0 Å². The molecule has 4 rings (SSSR count). The van der Waals surface area contributed by atoms with Crippen LogP contribution in [0.25, 0.3) is 0 Å². The number of aliphatic carboxylic acids is 1. The molecule has 1 unspecified atom stereocenters. The van der Waals surface area contributed by atoms with E-state index < -0.39 is 51.1 Å². The van der Waals surface area contributed by atoms with Gasteiger partial charge in [0.2, 0.25) is 11.8 Å². The molecule has 1 fully saturated rings. The van der Waals surface area contributed by atoms with Crippen molar-refractivity contribution in [3.05, 3.63) is 53.1 Å². The van der Waals surface area contributed by atoms with Crippen LogP contribution in [0, 0.1) is 0 Å². The summed E-state index contributed by atoms with van der Waals surface area (Å²) in [6.45, 7) is 0. The molecule has 3 atom stereocenters. The normalized spacial score (nSPS) is 19.6. The molecule has 1 aromatic heterocycles. The number of amides is 2. The van der Waals surface area contributed by atoms with Gasteiger partial charge in [0.05, 0.1) is 11.7 Å². The maximum Gasteiger partial charge on any atom is 1.00 e. The molecule has 1 saturated heterocycles. The van der Waals surface area contributed by atoms with Gasteiger partial charge in [-0.05, 0) is 11.1 Å². The second kappa shape index (κ2) is 13.4. The van der Waals surface area contributed by atoms with Gasteiger partial charge in [-0.2, -0.15) is 0 Å². The van der Waals surface area contributed by atoms with Crippen LogP contribution in [0.1, 0.15) is 17.5 Å². The molecule has 0 radical (unpaired) electrons. The van der Waals surface area contributed by atoms with E-state index in [-0.39, 0.29) is 87.4 Å². The van der Waals surface area contributed by atoms with Crippen LogP contribution in [0.3, 0.4) is 0 Å². The third-order valence-corrected chi connectivity index (χ3v) is 7.94. The van der Waals surface area contributed by atoms with E-state index in [1.807, 2.05) is 0 Å². The van der Waals surface area contributed by atoms with E-state index in [0.717, 1.165) is 16.7 Å². The van der Waals surface area contributed by atoms with Crippen LogP contribution in [0.4, 0.5) is 0 Å². The van der Waals surface area contributed by atoms with E-state index in [1.54, 1.807) is 30.3 Å². The van der Waals surface area contributed by atoms with E-state index in [0.29, 0.717) is 11.1 Å². The first kappa shape index (κ1) is 32.3. The van der Waals surface area contributed by atoms with Gasteiger partial charge in [-0.3, -0.25) is 14.5 Å². The van der Waals surface area contributed by atoms with Crippen LogP contribution < -0.4 is 75.3 Å². The molecule has 0 bridgehead atoms. The second-order valence-electron chi connectivity index (χ2n) is 7.48. The minimum absolute atomic E-state index is 0.